The molecule has 18 heavy (non-hydrogen) atoms. The molecular weight excluding hydrogens is 230 g/mol. The Bertz CT molecular complexity index is 549. The van der Waals surface area contributed by atoms with Crippen LogP contribution in [0.4, 0.5) is 5.82 Å². The quantitative estimate of drug-likeness (QED) is 0.869. The number of nitrogen functional groups attached to an aromatic ring is 1. The number of aromatic nitrogens is 2. The van der Waals surface area contributed by atoms with E-state index in [4.69, 9.17) is 15.2 Å². The van der Waals surface area contributed by atoms with Crippen molar-refractivity contribution in [2.24, 2.45) is 0 Å². The van der Waals surface area contributed by atoms with Gasteiger partial charge in [0.05, 0.1) is 19.9 Å². The fourth-order valence-electron chi connectivity index (χ4n) is 1.96. The van der Waals surface area contributed by atoms with Gasteiger partial charge in [-0.2, -0.15) is 5.10 Å². The molecule has 0 aliphatic carbocycles. The van der Waals surface area contributed by atoms with Gasteiger partial charge < -0.3 is 15.2 Å². The van der Waals surface area contributed by atoms with Gasteiger partial charge in [0.1, 0.15) is 17.3 Å². The van der Waals surface area contributed by atoms with E-state index < -0.39 is 0 Å². The van der Waals surface area contributed by atoms with Crippen molar-refractivity contribution >= 4 is 5.82 Å². The third kappa shape index (κ3) is 1.99. The molecule has 1 aromatic heterocycles. The molecule has 5 heteroatoms. The second kappa shape index (κ2) is 5.00. The second-order valence-corrected chi connectivity index (χ2v) is 3.88. The van der Waals surface area contributed by atoms with Gasteiger partial charge in [-0.15, -0.1) is 0 Å². The van der Waals surface area contributed by atoms with E-state index >= 15 is 0 Å². The van der Waals surface area contributed by atoms with Crippen LogP contribution >= 0.6 is 0 Å². The fraction of sp³-hybridized carbons (Fsp3) is 0.308. The Balaban J connectivity index is 2.56. The highest BCUT2D eigenvalue weighted by atomic mass is 16.5. The van der Waals surface area contributed by atoms with Gasteiger partial charge in [-0.1, -0.05) is 6.92 Å². The largest absolute Gasteiger partial charge is 0.497 e. The summed E-state index contributed by atoms with van der Waals surface area (Å²) in [6.45, 7) is 2.04. The van der Waals surface area contributed by atoms with Crippen LogP contribution in [0.5, 0.6) is 11.5 Å². The van der Waals surface area contributed by atoms with E-state index in [9.17, 15) is 0 Å². The minimum Gasteiger partial charge on any atom is -0.497 e. The van der Waals surface area contributed by atoms with Gasteiger partial charge in [0.2, 0.25) is 0 Å². The van der Waals surface area contributed by atoms with Crippen molar-refractivity contribution in [3.63, 3.8) is 0 Å². The summed E-state index contributed by atoms with van der Waals surface area (Å²) < 4.78 is 10.6. The lowest BCUT2D eigenvalue weighted by molar-refractivity contribution is 0.395. The molecule has 0 aliphatic heterocycles. The number of anilines is 1. The smallest absolute Gasteiger partial charge is 0.149 e. The van der Waals surface area contributed by atoms with Crippen LogP contribution in [0.25, 0.3) is 11.3 Å². The Morgan fingerprint density at radius 1 is 1.28 bits per heavy atom. The molecule has 2 aromatic rings. The molecule has 0 amide bonds. The average Bonchev–Trinajstić information content (AvgIpc) is 2.78. The lowest BCUT2D eigenvalue weighted by Crippen LogP contribution is -1.94. The summed E-state index contributed by atoms with van der Waals surface area (Å²) in [6, 6.07) is 5.66. The minimum absolute atomic E-state index is 0.533. The van der Waals surface area contributed by atoms with Gasteiger partial charge in [0.25, 0.3) is 0 Å². The lowest BCUT2D eigenvalue weighted by Gasteiger charge is -2.10. The van der Waals surface area contributed by atoms with Crippen LogP contribution in [0.15, 0.2) is 18.2 Å². The van der Waals surface area contributed by atoms with Gasteiger partial charge >= 0.3 is 0 Å². The molecule has 0 fully saturated rings. The minimum atomic E-state index is 0.533. The predicted molar refractivity (Wildman–Crippen MR) is 70.9 cm³/mol. The summed E-state index contributed by atoms with van der Waals surface area (Å²) in [5, 5.41) is 7.01. The summed E-state index contributed by atoms with van der Waals surface area (Å²) in [4.78, 5) is 0. The van der Waals surface area contributed by atoms with Gasteiger partial charge in [0, 0.05) is 17.2 Å². The maximum absolute atomic E-state index is 5.83. The van der Waals surface area contributed by atoms with E-state index in [0.29, 0.717) is 5.82 Å². The normalized spacial score (nSPS) is 10.4. The zero-order valence-corrected chi connectivity index (χ0v) is 10.8. The number of nitrogens with zero attached hydrogens (tertiary/aromatic N) is 1. The summed E-state index contributed by atoms with van der Waals surface area (Å²) in [7, 11) is 3.25. The number of hydrogen-bond acceptors (Lipinski definition) is 4. The van der Waals surface area contributed by atoms with E-state index in [1.54, 1.807) is 14.2 Å². The number of methoxy groups -OCH3 is 2. The fourth-order valence-corrected chi connectivity index (χ4v) is 1.96. The molecule has 0 saturated heterocycles. The Morgan fingerprint density at radius 2 is 2.06 bits per heavy atom. The molecule has 1 aromatic carbocycles. The molecule has 0 bridgehead atoms. The highest BCUT2D eigenvalue weighted by Crippen LogP contribution is 2.35. The van der Waals surface area contributed by atoms with Gasteiger partial charge in [-0.3, -0.25) is 5.10 Å². The van der Waals surface area contributed by atoms with Gasteiger partial charge in [0.15, 0.2) is 0 Å². The van der Waals surface area contributed by atoms with Crippen LogP contribution < -0.4 is 15.2 Å². The van der Waals surface area contributed by atoms with E-state index in [1.807, 2.05) is 25.1 Å². The first-order valence-corrected chi connectivity index (χ1v) is 5.76. The molecule has 2 rings (SSSR count). The summed E-state index contributed by atoms with van der Waals surface area (Å²) >= 11 is 0. The zero-order valence-electron chi connectivity index (χ0n) is 10.8. The molecule has 0 atom stereocenters. The van der Waals surface area contributed by atoms with Crippen LogP contribution in [0.3, 0.4) is 0 Å². The third-order valence-corrected chi connectivity index (χ3v) is 2.93. The van der Waals surface area contributed by atoms with Crippen LogP contribution in [0.2, 0.25) is 0 Å². The van der Waals surface area contributed by atoms with Crippen molar-refractivity contribution in [3.05, 3.63) is 23.8 Å². The van der Waals surface area contributed by atoms with Gasteiger partial charge in [-0.25, -0.2) is 0 Å². The summed E-state index contributed by atoms with van der Waals surface area (Å²) in [6.07, 6.45) is 0.812. The molecule has 0 saturated carbocycles. The Hall–Kier alpha value is -2.17. The van der Waals surface area contributed by atoms with Crippen LogP contribution in [-0.4, -0.2) is 24.4 Å². The Labute approximate surface area is 106 Å². The number of hydrogen-bond donors (Lipinski definition) is 2. The van der Waals surface area contributed by atoms with E-state index in [1.165, 1.54) is 0 Å². The number of nitrogens with two attached hydrogens (primary N) is 1. The summed E-state index contributed by atoms with van der Waals surface area (Å²) in [5.41, 5.74) is 8.66. The van der Waals surface area contributed by atoms with Crippen molar-refractivity contribution in [2.45, 2.75) is 13.3 Å². The van der Waals surface area contributed by atoms with E-state index in [2.05, 4.69) is 10.2 Å². The first kappa shape index (κ1) is 12.3. The first-order valence-electron chi connectivity index (χ1n) is 5.76. The SMILES string of the molecule is CCc1c(N)n[nH]c1-c1ccc(OC)cc1OC. The number of nitrogens with one attached hydrogen (secondary N) is 1. The van der Waals surface area contributed by atoms with Crippen molar-refractivity contribution < 1.29 is 9.47 Å². The third-order valence-electron chi connectivity index (χ3n) is 2.93. The molecular formula is C13H17N3O2. The maximum atomic E-state index is 5.83. The lowest BCUT2D eigenvalue weighted by atomic mass is 10.0. The molecule has 0 spiro atoms. The predicted octanol–water partition coefficient (Wildman–Crippen LogP) is 2.24. The molecule has 96 valence electrons. The number of benzene rings is 1. The number of aromatic amines is 1. The standard InChI is InChI=1S/C13H17N3O2/c1-4-9-12(15-16-13(9)14)10-6-5-8(17-2)7-11(10)18-3/h5-7H,4H2,1-3H3,(H3,14,15,16). The van der Waals surface area contributed by atoms with Crippen LogP contribution in [0, 0.1) is 0 Å². The number of rotatable bonds is 4. The maximum Gasteiger partial charge on any atom is 0.149 e. The number of H-pyrrole nitrogens is 1. The average molecular weight is 247 g/mol. The Morgan fingerprint density at radius 3 is 2.67 bits per heavy atom. The van der Waals surface area contributed by atoms with Crippen molar-refractivity contribution in [3.8, 4) is 22.8 Å². The molecule has 0 radical (unpaired) electrons. The summed E-state index contributed by atoms with van der Waals surface area (Å²) in [5.74, 6) is 2.01. The molecule has 3 N–H and O–H groups in total. The number of ether oxygens (including phenoxy) is 2. The molecule has 1 heterocycles. The van der Waals surface area contributed by atoms with Crippen molar-refractivity contribution in [1.82, 2.24) is 10.2 Å². The zero-order chi connectivity index (χ0) is 13.1. The first-order chi connectivity index (χ1) is 8.71. The molecule has 0 unspecified atom stereocenters. The highest BCUT2D eigenvalue weighted by Gasteiger charge is 2.15. The Kier molecular flexibility index (Phi) is 3.41. The van der Waals surface area contributed by atoms with Crippen molar-refractivity contribution in [2.75, 3.05) is 20.0 Å². The molecule has 0 aliphatic rings. The topological polar surface area (TPSA) is 73.2 Å². The van der Waals surface area contributed by atoms with E-state index in [-0.39, 0.29) is 0 Å². The second-order valence-electron chi connectivity index (χ2n) is 3.88. The van der Waals surface area contributed by atoms with Crippen LogP contribution in [0.1, 0.15) is 12.5 Å². The highest BCUT2D eigenvalue weighted by molar-refractivity contribution is 5.74. The van der Waals surface area contributed by atoms with Crippen LogP contribution in [-0.2, 0) is 6.42 Å². The monoisotopic (exact) mass is 247 g/mol. The van der Waals surface area contributed by atoms with Gasteiger partial charge in [-0.05, 0) is 18.6 Å². The molecule has 5 nitrogen and oxygen atoms in total. The van der Waals surface area contributed by atoms with Crippen molar-refractivity contribution in [1.29, 1.82) is 0 Å². The van der Waals surface area contributed by atoms with E-state index in [0.717, 1.165) is 34.7 Å².